The Morgan fingerprint density at radius 3 is 2.00 bits per heavy atom. The molecule has 0 aliphatic rings. The highest BCUT2D eigenvalue weighted by Gasteiger charge is 2.20. The summed E-state index contributed by atoms with van der Waals surface area (Å²) >= 11 is 2.86. The van der Waals surface area contributed by atoms with Crippen LogP contribution in [-0.4, -0.2) is 10.2 Å². The lowest BCUT2D eigenvalue weighted by atomic mass is 10.0. The van der Waals surface area contributed by atoms with Gasteiger partial charge in [0.25, 0.3) is 11.1 Å². The molecular formula is C19H12F2N2OS2. The molecule has 0 radical (unpaired) electrons. The van der Waals surface area contributed by atoms with E-state index in [1.807, 2.05) is 17.5 Å². The molecule has 0 fully saturated rings. The summed E-state index contributed by atoms with van der Waals surface area (Å²) in [4.78, 5) is 0.893. The number of aromatic nitrogens is 2. The molecule has 0 spiro atoms. The zero-order chi connectivity index (χ0) is 17.9. The van der Waals surface area contributed by atoms with Crippen molar-refractivity contribution in [2.45, 2.75) is 10.5 Å². The van der Waals surface area contributed by atoms with Gasteiger partial charge in [-0.15, -0.1) is 21.5 Å². The molecule has 7 heteroatoms. The standard InChI is InChI=1S/C19H12F2N2OS2/c20-14-7-3-12(4-8-14)17(13-5-9-15(21)10-6-13)26-19-23-22-18(24-19)16-2-1-11-25-16/h1-11,17H. The Kier molecular flexibility index (Phi) is 4.81. The van der Waals surface area contributed by atoms with Crippen molar-refractivity contribution >= 4 is 23.1 Å². The minimum Gasteiger partial charge on any atom is -0.410 e. The molecule has 0 saturated heterocycles. The first-order valence-electron chi connectivity index (χ1n) is 7.74. The maximum Gasteiger partial charge on any atom is 0.277 e. The summed E-state index contributed by atoms with van der Waals surface area (Å²) in [5, 5.41) is 10.3. The molecule has 2 aromatic carbocycles. The Hall–Kier alpha value is -2.51. The number of nitrogens with zero attached hydrogens (tertiary/aromatic N) is 2. The predicted octanol–water partition coefficient (Wildman–Crippen LogP) is 5.96. The average molecular weight is 386 g/mol. The van der Waals surface area contributed by atoms with Gasteiger partial charge in [0.1, 0.15) is 11.6 Å². The van der Waals surface area contributed by atoms with Crippen LogP contribution >= 0.6 is 23.1 Å². The van der Waals surface area contributed by atoms with Crippen LogP contribution in [0, 0.1) is 11.6 Å². The summed E-state index contributed by atoms with van der Waals surface area (Å²) in [5.41, 5.74) is 1.72. The van der Waals surface area contributed by atoms with Crippen LogP contribution in [0.1, 0.15) is 16.4 Å². The first kappa shape index (κ1) is 16.9. The summed E-state index contributed by atoms with van der Waals surface area (Å²) in [5.74, 6) is -0.164. The van der Waals surface area contributed by atoms with Crippen molar-refractivity contribution in [3.63, 3.8) is 0 Å². The van der Waals surface area contributed by atoms with Gasteiger partial charge in [-0.2, -0.15) is 0 Å². The van der Waals surface area contributed by atoms with Gasteiger partial charge in [-0.3, -0.25) is 0 Å². The number of hydrogen-bond donors (Lipinski definition) is 0. The largest absolute Gasteiger partial charge is 0.410 e. The highest BCUT2D eigenvalue weighted by atomic mass is 32.2. The normalized spacial score (nSPS) is 11.2. The molecule has 0 amide bonds. The van der Waals surface area contributed by atoms with Crippen molar-refractivity contribution in [1.82, 2.24) is 10.2 Å². The minimum absolute atomic E-state index is 0.229. The van der Waals surface area contributed by atoms with Crippen molar-refractivity contribution in [2.75, 3.05) is 0 Å². The van der Waals surface area contributed by atoms with Gasteiger partial charge in [0.15, 0.2) is 0 Å². The quantitative estimate of drug-likeness (QED) is 0.397. The van der Waals surface area contributed by atoms with Crippen LogP contribution in [0.15, 0.2) is 75.7 Å². The van der Waals surface area contributed by atoms with Crippen molar-refractivity contribution < 1.29 is 13.2 Å². The maximum absolute atomic E-state index is 13.3. The Bertz CT molecular complexity index is 938. The molecule has 2 heterocycles. The van der Waals surface area contributed by atoms with E-state index in [2.05, 4.69) is 10.2 Å². The Labute approximate surface area is 156 Å². The number of hydrogen-bond acceptors (Lipinski definition) is 5. The van der Waals surface area contributed by atoms with Crippen molar-refractivity contribution in [1.29, 1.82) is 0 Å². The van der Waals surface area contributed by atoms with E-state index in [4.69, 9.17) is 4.42 Å². The van der Waals surface area contributed by atoms with Crippen LogP contribution in [0.25, 0.3) is 10.8 Å². The molecule has 3 nitrogen and oxygen atoms in total. The summed E-state index contributed by atoms with van der Waals surface area (Å²) in [7, 11) is 0. The van der Waals surface area contributed by atoms with Crippen LogP contribution < -0.4 is 0 Å². The van der Waals surface area contributed by atoms with Gasteiger partial charge < -0.3 is 4.42 Å². The van der Waals surface area contributed by atoms with Gasteiger partial charge in [0.2, 0.25) is 0 Å². The Morgan fingerprint density at radius 1 is 0.846 bits per heavy atom. The van der Waals surface area contributed by atoms with Crippen LogP contribution in [-0.2, 0) is 0 Å². The van der Waals surface area contributed by atoms with Crippen LogP contribution in [0.3, 0.4) is 0 Å². The van der Waals surface area contributed by atoms with Gasteiger partial charge in [0, 0.05) is 0 Å². The molecule has 4 aromatic rings. The third kappa shape index (κ3) is 3.68. The van der Waals surface area contributed by atoms with Gasteiger partial charge in [-0.25, -0.2) is 8.78 Å². The lowest BCUT2D eigenvalue weighted by Crippen LogP contribution is -1.97. The minimum atomic E-state index is -0.311. The van der Waals surface area contributed by atoms with E-state index in [1.54, 1.807) is 24.3 Å². The average Bonchev–Trinajstić information content (AvgIpc) is 3.33. The number of thiophene rings is 1. The number of thioether (sulfide) groups is 1. The molecule has 4 rings (SSSR count). The van der Waals surface area contributed by atoms with Crippen molar-refractivity contribution in [3.8, 4) is 10.8 Å². The molecule has 0 aliphatic carbocycles. The molecule has 26 heavy (non-hydrogen) atoms. The molecule has 0 bridgehead atoms. The SMILES string of the molecule is Fc1ccc(C(Sc2nnc(-c3cccs3)o2)c2ccc(F)cc2)cc1. The van der Waals surface area contributed by atoms with Gasteiger partial charge >= 0.3 is 0 Å². The second-order valence-electron chi connectivity index (χ2n) is 5.45. The Balaban J connectivity index is 1.66. The number of halogens is 2. The topological polar surface area (TPSA) is 38.9 Å². The first-order valence-corrected chi connectivity index (χ1v) is 9.50. The van der Waals surface area contributed by atoms with Gasteiger partial charge in [-0.05, 0) is 46.8 Å². The molecular weight excluding hydrogens is 374 g/mol. The lowest BCUT2D eigenvalue weighted by molar-refractivity contribution is 0.466. The molecule has 0 saturated carbocycles. The third-order valence-corrected chi connectivity index (χ3v) is 5.71. The third-order valence-electron chi connectivity index (χ3n) is 3.70. The molecule has 0 N–H and O–H groups in total. The summed E-state index contributed by atoms with van der Waals surface area (Å²) in [6.45, 7) is 0. The van der Waals surface area contributed by atoms with Crippen LogP contribution in [0.2, 0.25) is 0 Å². The highest BCUT2D eigenvalue weighted by Crippen LogP contribution is 2.40. The summed E-state index contributed by atoms with van der Waals surface area (Å²) in [6, 6.07) is 16.2. The van der Waals surface area contributed by atoms with E-state index in [1.165, 1.54) is 47.4 Å². The molecule has 2 aromatic heterocycles. The second kappa shape index (κ2) is 7.39. The fourth-order valence-electron chi connectivity index (χ4n) is 2.46. The monoisotopic (exact) mass is 386 g/mol. The summed E-state index contributed by atoms with van der Waals surface area (Å²) < 4.78 is 32.3. The van der Waals surface area contributed by atoms with Gasteiger partial charge in [-0.1, -0.05) is 42.1 Å². The van der Waals surface area contributed by atoms with Gasteiger partial charge in [0.05, 0.1) is 10.1 Å². The van der Waals surface area contributed by atoms with Crippen molar-refractivity contribution in [3.05, 3.63) is 88.8 Å². The predicted molar refractivity (Wildman–Crippen MR) is 98.1 cm³/mol. The smallest absolute Gasteiger partial charge is 0.277 e. The van der Waals surface area contributed by atoms with E-state index in [-0.39, 0.29) is 16.9 Å². The summed E-state index contributed by atoms with van der Waals surface area (Å²) in [6.07, 6.45) is 0. The van der Waals surface area contributed by atoms with E-state index in [0.29, 0.717) is 11.1 Å². The highest BCUT2D eigenvalue weighted by molar-refractivity contribution is 7.99. The molecule has 0 unspecified atom stereocenters. The zero-order valence-electron chi connectivity index (χ0n) is 13.3. The lowest BCUT2D eigenvalue weighted by Gasteiger charge is -2.15. The fraction of sp³-hybridized carbons (Fsp3) is 0.0526. The Morgan fingerprint density at radius 2 is 1.46 bits per heavy atom. The van der Waals surface area contributed by atoms with E-state index < -0.39 is 0 Å². The molecule has 0 atom stereocenters. The van der Waals surface area contributed by atoms with E-state index >= 15 is 0 Å². The van der Waals surface area contributed by atoms with Crippen LogP contribution in [0.5, 0.6) is 0 Å². The number of benzene rings is 2. The number of rotatable bonds is 5. The van der Waals surface area contributed by atoms with E-state index in [0.717, 1.165) is 16.0 Å². The second-order valence-corrected chi connectivity index (χ2v) is 7.46. The fourth-order valence-corrected chi connectivity index (χ4v) is 4.11. The molecule has 0 aliphatic heterocycles. The maximum atomic E-state index is 13.3. The van der Waals surface area contributed by atoms with Crippen molar-refractivity contribution in [2.24, 2.45) is 0 Å². The van der Waals surface area contributed by atoms with E-state index in [9.17, 15) is 8.78 Å². The first-order chi connectivity index (χ1) is 12.7. The zero-order valence-corrected chi connectivity index (χ0v) is 14.9. The molecule has 130 valence electrons. The van der Waals surface area contributed by atoms with Crippen LogP contribution in [0.4, 0.5) is 8.78 Å².